The number of nitrogens with zero attached hydrogens (tertiary/aromatic N) is 3. The first-order chi connectivity index (χ1) is 13.0. The molecule has 142 valence electrons. The molecule has 1 saturated heterocycles. The van der Waals surface area contributed by atoms with Crippen molar-refractivity contribution < 1.29 is 19.4 Å². The van der Waals surface area contributed by atoms with Crippen molar-refractivity contribution in [2.75, 3.05) is 20.2 Å². The van der Waals surface area contributed by atoms with Gasteiger partial charge in [0.2, 0.25) is 5.91 Å². The van der Waals surface area contributed by atoms with Gasteiger partial charge in [-0.05, 0) is 43.2 Å². The maximum atomic E-state index is 12.5. The lowest BCUT2D eigenvalue weighted by Gasteiger charge is -2.30. The number of methoxy groups -OCH3 is 1. The van der Waals surface area contributed by atoms with Crippen molar-refractivity contribution in [1.29, 1.82) is 0 Å². The van der Waals surface area contributed by atoms with E-state index in [-0.39, 0.29) is 24.6 Å². The van der Waals surface area contributed by atoms with E-state index in [0.717, 1.165) is 10.2 Å². The number of carbonyl (C=O) groups excluding carboxylic acids is 1. The van der Waals surface area contributed by atoms with Gasteiger partial charge in [-0.2, -0.15) is 5.10 Å². The van der Waals surface area contributed by atoms with E-state index in [9.17, 15) is 14.4 Å². The number of benzene rings is 1. The molecule has 2 heterocycles. The predicted octanol–water partition coefficient (Wildman–Crippen LogP) is 1.24. The molecular formula is C19H21N3O5. The van der Waals surface area contributed by atoms with Crippen LogP contribution in [-0.2, 0) is 16.1 Å². The summed E-state index contributed by atoms with van der Waals surface area (Å²) in [5, 5.41) is 13.4. The Balaban J connectivity index is 1.77. The Labute approximate surface area is 156 Å². The van der Waals surface area contributed by atoms with Gasteiger partial charge in [-0.3, -0.25) is 14.4 Å². The molecule has 0 saturated carbocycles. The van der Waals surface area contributed by atoms with E-state index in [2.05, 4.69) is 5.10 Å². The number of amides is 1. The summed E-state index contributed by atoms with van der Waals surface area (Å²) >= 11 is 0. The molecule has 0 unspecified atom stereocenters. The topological polar surface area (TPSA) is 102 Å². The third kappa shape index (κ3) is 4.33. The number of piperidine rings is 1. The zero-order chi connectivity index (χ0) is 19.4. The summed E-state index contributed by atoms with van der Waals surface area (Å²) in [5.74, 6) is -1.05. The highest BCUT2D eigenvalue weighted by Crippen LogP contribution is 2.20. The predicted molar refractivity (Wildman–Crippen MR) is 97.4 cm³/mol. The fourth-order valence-electron chi connectivity index (χ4n) is 3.11. The Morgan fingerprint density at radius 3 is 2.63 bits per heavy atom. The highest BCUT2D eigenvalue weighted by molar-refractivity contribution is 5.77. The molecule has 1 aliphatic rings. The second kappa shape index (κ2) is 8.03. The minimum atomic E-state index is -0.899. The molecule has 1 aromatic carbocycles. The smallest absolute Gasteiger partial charge is 0.308 e. The van der Waals surface area contributed by atoms with E-state index >= 15 is 0 Å². The average molecular weight is 371 g/mol. The highest BCUT2D eigenvalue weighted by atomic mass is 16.5. The first-order valence-electron chi connectivity index (χ1n) is 8.71. The van der Waals surface area contributed by atoms with Gasteiger partial charge in [0.25, 0.3) is 5.56 Å². The highest BCUT2D eigenvalue weighted by Gasteiger charge is 2.28. The monoisotopic (exact) mass is 371 g/mol. The van der Waals surface area contributed by atoms with Crippen LogP contribution in [0, 0.1) is 5.92 Å². The van der Waals surface area contributed by atoms with Crippen LogP contribution in [0.5, 0.6) is 5.75 Å². The molecule has 0 spiro atoms. The lowest BCUT2D eigenvalue weighted by molar-refractivity contribution is -0.145. The van der Waals surface area contributed by atoms with Gasteiger partial charge in [0.05, 0.1) is 18.7 Å². The normalized spacial score (nSPS) is 16.8. The summed E-state index contributed by atoms with van der Waals surface area (Å²) in [6.07, 6.45) is 1.20. The van der Waals surface area contributed by atoms with Gasteiger partial charge in [-0.15, -0.1) is 0 Å². The second-order valence-corrected chi connectivity index (χ2v) is 6.46. The SMILES string of the molecule is COc1ccc(-c2ccc(=O)n(CC(=O)N3CCC[C@H](C(=O)O)C3)n2)cc1. The van der Waals surface area contributed by atoms with Gasteiger partial charge >= 0.3 is 5.97 Å². The van der Waals surface area contributed by atoms with Gasteiger partial charge in [0.1, 0.15) is 12.3 Å². The Kier molecular flexibility index (Phi) is 5.54. The molecular weight excluding hydrogens is 350 g/mol. The van der Waals surface area contributed by atoms with Gasteiger partial charge in [-0.1, -0.05) is 0 Å². The number of carbonyl (C=O) groups is 2. The second-order valence-electron chi connectivity index (χ2n) is 6.46. The quantitative estimate of drug-likeness (QED) is 0.849. The number of carboxylic acids is 1. The van der Waals surface area contributed by atoms with Crippen molar-refractivity contribution in [2.24, 2.45) is 5.92 Å². The van der Waals surface area contributed by atoms with Gasteiger partial charge in [0, 0.05) is 24.7 Å². The number of likely N-dealkylation sites (tertiary alicyclic amines) is 1. The van der Waals surface area contributed by atoms with E-state index in [1.165, 1.54) is 11.0 Å². The molecule has 8 nitrogen and oxygen atoms in total. The largest absolute Gasteiger partial charge is 0.497 e. The van der Waals surface area contributed by atoms with Crippen LogP contribution in [0.2, 0.25) is 0 Å². The van der Waals surface area contributed by atoms with Crippen LogP contribution in [0.1, 0.15) is 12.8 Å². The molecule has 1 aliphatic heterocycles. The van der Waals surface area contributed by atoms with Crippen molar-refractivity contribution in [3.63, 3.8) is 0 Å². The van der Waals surface area contributed by atoms with E-state index in [0.29, 0.717) is 30.8 Å². The van der Waals surface area contributed by atoms with E-state index < -0.39 is 11.9 Å². The maximum Gasteiger partial charge on any atom is 0.308 e. The summed E-state index contributed by atoms with van der Waals surface area (Å²) < 4.78 is 6.24. The van der Waals surface area contributed by atoms with Gasteiger partial charge in [-0.25, -0.2) is 4.68 Å². The Morgan fingerprint density at radius 2 is 1.96 bits per heavy atom. The van der Waals surface area contributed by atoms with Crippen LogP contribution in [0.4, 0.5) is 0 Å². The number of rotatable bonds is 5. The lowest BCUT2D eigenvalue weighted by Crippen LogP contribution is -2.44. The summed E-state index contributed by atoms with van der Waals surface area (Å²) in [6, 6.07) is 10.2. The first-order valence-corrected chi connectivity index (χ1v) is 8.71. The molecule has 8 heteroatoms. The number of ether oxygens (including phenoxy) is 1. The van der Waals surface area contributed by atoms with Crippen molar-refractivity contribution in [3.05, 3.63) is 46.8 Å². The van der Waals surface area contributed by atoms with Crippen LogP contribution in [-0.4, -0.2) is 51.9 Å². The maximum absolute atomic E-state index is 12.5. The Bertz CT molecular complexity index is 891. The molecule has 0 radical (unpaired) electrons. The van der Waals surface area contributed by atoms with Crippen molar-refractivity contribution in [3.8, 4) is 17.0 Å². The molecule has 1 atom stereocenters. The molecule has 27 heavy (non-hydrogen) atoms. The molecule has 1 amide bonds. The molecule has 3 rings (SSSR count). The molecule has 1 aromatic heterocycles. The van der Waals surface area contributed by atoms with Crippen molar-refractivity contribution in [1.82, 2.24) is 14.7 Å². The minimum absolute atomic E-state index is 0.168. The summed E-state index contributed by atoms with van der Waals surface area (Å²) in [6.45, 7) is 0.450. The third-order valence-electron chi connectivity index (χ3n) is 4.66. The summed E-state index contributed by atoms with van der Waals surface area (Å²) in [4.78, 5) is 37.3. The van der Waals surface area contributed by atoms with Crippen LogP contribution in [0.3, 0.4) is 0 Å². The molecule has 1 N–H and O–H groups in total. The van der Waals surface area contributed by atoms with Crippen molar-refractivity contribution in [2.45, 2.75) is 19.4 Å². The summed E-state index contributed by atoms with van der Waals surface area (Å²) in [5.41, 5.74) is 0.973. The number of hydrogen-bond acceptors (Lipinski definition) is 5. The molecule has 0 bridgehead atoms. The zero-order valence-corrected chi connectivity index (χ0v) is 15.0. The molecule has 0 aliphatic carbocycles. The number of carboxylic acid groups (broad SMARTS) is 1. The lowest BCUT2D eigenvalue weighted by atomic mass is 9.98. The van der Waals surface area contributed by atoms with Gasteiger partial charge < -0.3 is 14.7 Å². The molecule has 2 aromatic rings. The number of hydrogen-bond donors (Lipinski definition) is 1. The fourth-order valence-corrected chi connectivity index (χ4v) is 3.11. The molecule has 1 fully saturated rings. The average Bonchev–Trinajstić information content (AvgIpc) is 2.69. The number of aliphatic carboxylic acids is 1. The van der Waals surface area contributed by atoms with E-state index in [4.69, 9.17) is 9.84 Å². The van der Waals surface area contributed by atoms with E-state index in [1.807, 2.05) is 12.1 Å². The van der Waals surface area contributed by atoms with Crippen LogP contribution >= 0.6 is 0 Å². The zero-order valence-electron chi connectivity index (χ0n) is 15.0. The van der Waals surface area contributed by atoms with Gasteiger partial charge in [0.15, 0.2) is 0 Å². The van der Waals surface area contributed by atoms with Crippen LogP contribution < -0.4 is 10.3 Å². The fraction of sp³-hybridized carbons (Fsp3) is 0.368. The Hall–Kier alpha value is -3.16. The minimum Gasteiger partial charge on any atom is -0.497 e. The first kappa shape index (κ1) is 18.6. The van der Waals surface area contributed by atoms with E-state index in [1.54, 1.807) is 25.3 Å². The number of aromatic nitrogens is 2. The standard InChI is InChI=1S/C19H21N3O5/c1-27-15-6-4-13(5-7-15)16-8-9-17(23)22(20-16)12-18(24)21-10-2-3-14(11-21)19(25)26/h4-9,14H,2-3,10-12H2,1H3,(H,25,26)/t14-/m0/s1. The van der Waals surface area contributed by atoms with Crippen LogP contribution in [0.25, 0.3) is 11.3 Å². The third-order valence-corrected chi connectivity index (χ3v) is 4.66. The summed E-state index contributed by atoms with van der Waals surface area (Å²) in [7, 11) is 1.58. The van der Waals surface area contributed by atoms with Crippen LogP contribution in [0.15, 0.2) is 41.2 Å². The Morgan fingerprint density at radius 1 is 1.22 bits per heavy atom. The van der Waals surface area contributed by atoms with Crippen molar-refractivity contribution >= 4 is 11.9 Å².